The third-order valence-electron chi connectivity index (χ3n) is 3.46. The molecular weight excluding hydrogens is 238 g/mol. The van der Waals surface area contributed by atoms with E-state index in [2.05, 4.69) is 6.07 Å². The van der Waals surface area contributed by atoms with Crippen LogP contribution in [0.4, 0.5) is 5.69 Å². The van der Waals surface area contributed by atoms with Crippen LogP contribution in [0, 0.1) is 11.3 Å². The van der Waals surface area contributed by atoms with Crippen molar-refractivity contribution in [2.45, 2.75) is 25.8 Å². The molecule has 2 rings (SSSR count). The lowest BCUT2D eigenvalue weighted by molar-refractivity contribution is -0.130. The molecule has 1 aromatic rings. The van der Waals surface area contributed by atoms with Crippen molar-refractivity contribution in [2.24, 2.45) is 0 Å². The molecule has 1 saturated carbocycles. The lowest BCUT2D eigenvalue weighted by atomic mass is 10.2. The van der Waals surface area contributed by atoms with Crippen LogP contribution in [0.3, 0.4) is 0 Å². The summed E-state index contributed by atoms with van der Waals surface area (Å²) in [4.78, 5) is 16.1. The Morgan fingerprint density at radius 2 is 2.00 bits per heavy atom. The molecule has 0 aliphatic heterocycles. The van der Waals surface area contributed by atoms with E-state index in [-0.39, 0.29) is 5.91 Å². The van der Waals surface area contributed by atoms with Crippen molar-refractivity contribution in [1.82, 2.24) is 4.90 Å². The van der Waals surface area contributed by atoms with Crippen LogP contribution in [-0.4, -0.2) is 37.0 Å². The van der Waals surface area contributed by atoms with Gasteiger partial charge in [0, 0.05) is 25.3 Å². The summed E-state index contributed by atoms with van der Waals surface area (Å²) in [6, 6.07) is 9.85. The SMILES string of the molecule is CCN(C(=O)CN(C)c1ccc(C#N)cc1)C1CC1. The Morgan fingerprint density at radius 1 is 1.37 bits per heavy atom. The highest BCUT2D eigenvalue weighted by Crippen LogP contribution is 2.26. The average molecular weight is 257 g/mol. The number of nitrogens with zero attached hydrogens (tertiary/aromatic N) is 3. The first-order chi connectivity index (χ1) is 9.15. The molecule has 1 aliphatic rings. The molecule has 100 valence electrons. The van der Waals surface area contributed by atoms with E-state index < -0.39 is 0 Å². The maximum atomic E-state index is 12.2. The molecule has 0 aromatic heterocycles. The number of anilines is 1. The van der Waals surface area contributed by atoms with Gasteiger partial charge in [-0.05, 0) is 44.0 Å². The maximum Gasteiger partial charge on any atom is 0.242 e. The number of nitriles is 1. The third kappa shape index (κ3) is 3.25. The lowest BCUT2D eigenvalue weighted by Gasteiger charge is -2.25. The van der Waals surface area contributed by atoms with Gasteiger partial charge in [0.1, 0.15) is 0 Å². The number of hydrogen-bond acceptors (Lipinski definition) is 3. The zero-order valence-corrected chi connectivity index (χ0v) is 11.5. The van der Waals surface area contributed by atoms with Crippen LogP contribution in [0.5, 0.6) is 0 Å². The molecule has 0 N–H and O–H groups in total. The normalized spacial score (nSPS) is 13.7. The molecule has 0 unspecified atom stereocenters. The van der Waals surface area contributed by atoms with Gasteiger partial charge in [-0.2, -0.15) is 5.26 Å². The van der Waals surface area contributed by atoms with Gasteiger partial charge in [0.2, 0.25) is 5.91 Å². The van der Waals surface area contributed by atoms with Gasteiger partial charge in [-0.15, -0.1) is 0 Å². The molecule has 0 radical (unpaired) electrons. The molecule has 1 fully saturated rings. The second kappa shape index (κ2) is 5.75. The Kier molecular flexibility index (Phi) is 4.06. The molecule has 4 heteroatoms. The second-order valence-corrected chi connectivity index (χ2v) is 4.93. The van der Waals surface area contributed by atoms with E-state index >= 15 is 0 Å². The fourth-order valence-electron chi connectivity index (χ4n) is 2.20. The van der Waals surface area contributed by atoms with Crippen LogP contribution in [0.1, 0.15) is 25.3 Å². The van der Waals surface area contributed by atoms with E-state index in [1.807, 2.05) is 35.9 Å². The number of likely N-dealkylation sites (N-methyl/N-ethyl adjacent to an activating group) is 2. The van der Waals surface area contributed by atoms with Crippen molar-refractivity contribution in [3.8, 4) is 6.07 Å². The van der Waals surface area contributed by atoms with Gasteiger partial charge in [-0.25, -0.2) is 0 Å². The molecule has 0 spiro atoms. The zero-order chi connectivity index (χ0) is 13.8. The topological polar surface area (TPSA) is 47.3 Å². The first-order valence-corrected chi connectivity index (χ1v) is 6.66. The largest absolute Gasteiger partial charge is 0.365 e. The smallest absolute Gasteiger partial charge is 0.242 e. The minimum atomic E-state index is 0.178. The predicted octanol–water partition coefficient (Wildman–Crippen LogP) is 2.01. The molecule has 0 atom stereocenters. The molecule has 0 bridgehead atoms. The molecule has 4 nitrogen and oxygen atoms in total. The quantitative estimate of drug-likeness (QED) is 0.810. The Morgan fingerprint density at radius 3 is 2.47 bits per heavy atom. The van der Waals surface area contributed by atoms with Crippen molar-refractivity contribution in [3.63, 3.8) is 0 Å². The molecule has 1 aliphatic carbocycles. The molecule has 1 amide bonds. The first-order valence-electron chi connectivity index (χ1n) is 6.66. The average Bonchev–Trinajstić information content (AvgIpc) is 3.24. The zero-order valence-electron chi connectivity index (χ0n) is 11.5. The van der Waals surface area contributed by atoms with Crippen molar-refractivity contribution < 1.29 is 4.79 Å². The molecule has 0 saturated heterocycles. The highest BCUT2D eigenvalue weighted by Gasteiger charge is 2.31. The molecular formula is C15H19N3O. The summed E-state index contributed by atoms with van der Waals surface area (Å²) in [5.74, 6) is 0.178. The monoisotopic (exact) mass is 257 g/mol. The van der Waals surface area contributed by atoms with Crippen LogP contribution < -0.4 is 4.90 Å². The summed E-state index contributed by atoms with van der Waals surface area (Å²) >= 11 is 0. The second-order valence-electron chi connectivity index (χ2n) is 4.93. The summed E-state index contributed by atoms with van der Waals surface area (Å²) in [5.41, 5.74) is 1.59. The number of carbonyl (C=O) groups excluding carboxylic acids is 1. The Labute approximate surface area is 114 Å². The van der Waals surface area contributed by atoms with Gasteiger partial charge in [0.05, 0.1) is 18.2 Å². The van der Waals surface area contributed by atoms with Crippen molar-refractivity contribution in [3.05, 3.63) is 29.8 Å². The highest BCUT2D eigenvalue weighted by atomic mass is 16.2. The van der Waals surface area contributed by atoms with Gasteiger partial charge in [0.15, 0.2) is 0 Å². The highest BCUT2D eigenvalue weighted by molar-refractivity contribution is 5.82. The van der Waals surface area contributed by atoms with Crippen molar-refractivity contribution in [1.29, 1.82) is 5.26 Å². The number of hydrogen-bond donors (Lipinski definition) is 0. The van der Waals surface area contributed by atoms with E-state index in [0.717, 1.165) is 25.1 Å². The van der Waals surface area contributed by atoms with E-state index in [1.165, 1.54) is 0 Å². The fraction of sp³-hybridized carbons (Fsp3) is 0.467. The van der Waals surface area contributed by atoms with Gasteiger partial charge in [-0.3, -0.25) is 4.79 Å². The van der Waals surface area contributed by atoms with Crippen molar-refractivity contribution in [2.75, 3.05) is 25.0 Å². The number of carbonyl (C=O) groups is 1. The van der Waals surface area contributed by atoms with Gasteiger partial charge >= 0.3 is 0 Å². The number of amides is 1. The summed E-state index contributed by atoms with van der Waals surface area (Å²) < 4.78 is 0. The summed E-state index contributed by atoms with van der Waals surface area (Å²) in [5, 5.41) is 8.76. The van der Waals surface area contributed by atoms with Crippen LogP contribution in [0.2, 0.25) is 0 Å². The Hall–Kier alpha value is -2.02. The van der Waals surface area contributed by atoms with Crippen LogP contribution in [0.15, 0.2) is 24.3 Å². The molecule has 1 aromatic carbocycles. The number of benzene rings is 1. The molecule has 19 heavy (non-hydrogen) atoms. The maximum absolute atomic E-state index is 12.2. The van der Waals surface area contributed by atoms with E-state index in [0.29, 0.717) is 18.2 Å². The minimum absolute atomic E-state index is 0.178. The predicted molar refractivity (Wildman–Crippen MR) is 74.8 cm³/mol. The van der Waals surface area contributed by atoms with E-state index in [1.54, 1.807) is 12.1 Å². The number of rotatable bonds is 5. The fourth-order valence-corrected chi connectivity index (χ4v) is 2.20. The van der Waals surface area contributed by atoms with Gasteiger partial charge in [-0.1, -0.05) is 0 Å². The van der Waals surface area contributed by atoms with E-state index in [9.17, 15) is 4.79 Å². The van der Waals surface area contributed by atoms with Gasteiger partial charge < -0.3 is 9.80 Å². The minimum Gasteiger partial charge on any atom is -0.365 e. The van der Waals surface area contributed by atoms with Crippen LogP contribution in [-0.2, 0) is 4.79 Å². The Bertz CT molecular complexity index is 485. The van der Waals surface area contributed by atoms with Crippen LogP contribution >= 0.6 is 0 Å². The first kappa shape index (κ1) is 13.4. The van der Waals surface area contributed by atoms with Crippen molar-refractivity contribution >= 4 is 11.6 Å². The Balaban J connectivity index is 1.97. The summed E-state index contributed by atoms with van der Waals surface area (Å²) in [7, 11) is 1.90. The molecule has 0 heterocycles. The summed E-state index contributed by atoms with van der Waals surface area (Å²) in [6.45, 7) is 3.19. The third-order valence-corrected chi connectivity index (χ3v) is 3.46. The standard InChI is InChI=1S/C15H19N3O/c1-3-18(14-8-9-14)15(19)11-17(2)13-6-4-12(10-16)5-7-13/h4-7,14H,3,8-9,11H2,1-2H3. The van der Waals surface area contributed by atoms with Crippen LogP contribution in [0.25, 0.3) is 0 Å². The van der Waals surface area contributed by atoms with Gasteiger partial charge in [0.25, 0.3) is 0 Å². The lowest BCUT2D eigenvalue weighted by Crippen LogP contribution is -2.40. The van der Waals surface area contributed by atoms with E-state index in [4.69, 9.17) is 5.26 Å². The summed E-state index contributed by atoms with van der Waals surface area (Å²) in [6.07, 6.45) is 2.28.